The van der Waals surface area contributed by atoms with E-state index in [4.69, 9.17) is 4.74 Å². The van der Waals surface area contributed by atoms with Crippen LogP contribution in [-0.4, -0.2) is 79.6 Å². The molecule has 0 bridgehead atoms. The van der Waals surface area contributed by atoms with E-state index in [9.17, 15) is 14.4 Å². The maximum atomic E-state index is 12.3. The Kier molecular flexibility index (Phi) is 7.64. The van der Waals surface area contributed by atoms with E-state index >= 15 is 0 Å². The van der Waals surface area contributed by atoms with Gasteiger partial charge in [0.25, 0.3) is 0 Å². The van der Waals surface area contributed by atoms with Gasteiger partial charge in [0.2, 0.25) is 11.8 Å². The molecule has 8 heteroatoms. The lowest BCUT2D eigenvalue weighted by Crippen LogP contribution is -2.51. The van der Waals surface area contributed by atoms with Gasteiger partial charge >= 0.3 is 6.03 Å². The molecule has 2 aliphatic rings. The van der Waals surface area contributed by atoms with Gasteiger partial charge in [-0.2, -0.15) is 0 Å². The molecule has 4 amide bonds. The molecule has 2 aliphatic heterocycles. The van der Waals surface area contributed by atoms with Crippen molar-refractivity contribution in [3.63, 3.8) is 0 Å². The number of ether oxygens (including phenoxy) is 1. The largest absolute Gasteiger partial charge is 0.378 e. The summed E-state index contributed by atoms with van der Waals surface area (Å²) in [6.45, 7) is 8.27. The quantitative estimate of drug-likeness (QED) is 0.735. The highest BCUT2D eigenvalue weighted by atomic mass is 16.5. The number of hydrogen-bond donors (Lipinski definition) is 2. The highest BCUT2D eigenvalue weighted by molar-refractivity contribution is 5.96. The minimum atomic E-state index is -0.453. The summed E-state index contributed by atoms with van der Waals surface area (Å²) in [7, 11) is 0. The number of nitrogens with one attached hydrogen (secondary N) is 2. The summed E-state index contributed by atoms with van der Waals surface area (Å²) in [5.74, 6) is 0.294. The van der Waals surface area contributed by atoms with Gasteiger partial charge in [-0.1, -0.05) is 0 Å². The fourth-order valence-corrected chi connectivity index (χ4v) is 3.32. The second-order valence-electron chi connectivity index (χ2n) is 6.70. The third kappa shape index (κ3) is 5.97. The number of nitrogens with zero attached hydrogens (tertiary/aromatic N) is 2. The van der Waals surface area contributed by atoms with Crippen molar-refractivity contribution in [2.24, 2.45) is 5.92 Å². The van der Waals surface area contributed by atoms with Gasteiger partial charge in [-0.3, -0.25) is 19.8 Å². The highest BCUT2D eigenvalue weighted by Gasteiger charge is 2.29. The van der Waals surface area contributed by atoms with Crippen molar-refractivity contribution in [1.82, 2.24) is 20.4 Å². The Balaban J connectivity index is 1.72. The Morgan fingerprint density at radius 2 is 1.76 bits per heavy atom. The van der Waals surface area contributed by atoms with Crippen LogP contribution in [0.25, 0.3) is 0 Å². The van der Waals surface area contributed by atoms with Gasteiger partial charge in [0.15, 0.2) is 0 Å². The zero-order valence-corrected chi connectivity index (χ0v) is 15.3. The molecule has 0 aromatic rings. The number of hydrogen-bond acceptors (Lipinski definition) is 5. The van der Waals surface area contributed by atoms with Crippen LogP contribution in [0.4, 0.5) is 4.79 Å². The molecule has 8 nitrogen and oxygen atoms in total. The first-order valence-corrected chi connectivity index (χ1v) is 9.19. The minimum Gasteiger partial charge on any atom is -0.378 e. The molecule has 0 aromatic heterocycles. The first-order chi connectivity index (χ1) is 12.0. The molecule has 142 valence electrons. The lowest BCUT2D eigenvalue weighted by Gasteiger charge is -2.36. The number of rotatable bonds is 5. The minimum absolute atomic E-state index is 0.212. The van der Waals surface area contributed by atoms with Crippen LogP contribution in [0.2, 0.25) is 0 Å². The molecule has 2 heterocycles. The van der Waals surface area contributed by atoms with E-state index in [-0.39, 0.29) is 17.9 Å². The van der Waals surface area contributed by atoms with Crippen LogP contribution in [0.15, 0.2) is 0 Å². The smallest absolute Gasteiger partial charge is 0.321 e. The summed E-state index contributed by atoms with van der Waals surface area (Å²) in [4.78, 5) is 39.8. The van der Waals surface area contributed by atoms with Gasteiger partial charge < -0.3 is 15.0 Å². The number of piperidine rings is 1. The van der Waals surface area contributed by atoms with Crippen molar-refractivity contribution in [1.29, 1.82) is 0 Å². The fourth-order valence-electron chi connectivity index (χ4n) is 3.32. The molecule has 0 saturated carbocycles. The lowest BCUT2D eigenvalue weighted by atomic mass is 9.92. The average molecular weight is 354 g/mol. The molecule has 2 N–H and O–H groups in total. The van der Waals surface area contributed by atoms with Crippen molar-refractivity contribution in [2.45, 2.75) is 39.2 Å². The Morgan fingerprint density at radius 1 is 1.12 bits per heavy atom. The molecule has 0 aromatic carbocycles. The van der Waals surface area contributed by atoms with Crippen LogP contribution in [-0.2, 0) is 14.3 Å². The van der Waals surface area contributed by atoms with E-state index in [1.165, 1.54) is 0 Å². The number of morpholine rings is 1. The zero-order valence-electron chi connectivity index (χ0n) is 15.3. The molecule has 25 heavy (non-hydrogen) atoms. The highest BCUT2D eigenvalue weighted by Crippen LogP contribution is 2.23. The lowest BCUT2D eigenvalue weighted by molar-refractivity contribution is -0.137. The second-order valence-corrected chi connectivity index (χ2v) is 6.70. The normalized spacial score (nSPS) is 20.8. The van der Waals surface area contributed by atoms with Crippen molar-refractivity contribution in [3.8, 4) is 0 Å². The van der Waals surface area contributed by atoms with E-state index in [2.05, 4.69) is 15.5 Å². The molecule has 1 atom stereocenters. The van der Waals surface area contributed by atoms with Crippen LogP contribution in [0.3, 0.4) is 0 Å². The van der Waals surface area contributed by atoms with Crippen LogP contribution >= 0.6 is 0 Å². The van der Waals surface area contributed by atoms with E-state index in [0.717, 1.165) is 25.9 Å². The molecule has 2 saturated heterocycles. The predicted molar refractivity (Wildman–Crippen MR) is 93.0 cm³/mol. The number of likely N-dealkylation sites (tertiary alicyclic amines) is 1. The van der Waals surface area contributed by atoms with Gasteiger partial charge in [0.05, 0.1) is 19.3 Å². The van der Waals surface area contributed by atoms with Crippen LogP contribution < -0.4 is 10.6 Å². The Bertz CT molecular complexity index is 471. The Hall–Kier alpha value is -1.67. The summed E-state index contributed by atoms with van der Waals surface area (Å²) in [6.07, 6.45) is 2.37. The Morgan fingerprint density at radius 3 is 2.36 bits per heavy atom. The average Bonchev–Trinajstić information content (AvgIpc) is 2.62. The molecular formula is C17H30N4O4. The molecule has 0 spiro atoms. The van der Waals surface area contributed by atoms with Crippen molar-refractivity contribution < 1.29 is 19.1 Å². The molecule has 2 fully saturated rings. The van der Waals surface area contributed by atoms with Crippen molar-refractivity contribution >= 4 is 17.8 Å². The second kappa shape index (κ2) is 9.72. The maximum Gasteiger partial charge on any atom is 0.321 e. The summed E-state index contributed by atoms with van der Waals surface area (Å²) in [5, 5.41) is 4.91. The number of amides is 4. The topological polar surface area (TPSA) is 91.0 Å². The number of urea groups is 1. The summed E-state index contributed by atoms with van der Waals surface area (Å²) >= 11 is 0. The number of imide groups is 1. The van der Waals surface area contributed by atoms with Gasteiger partial charge in [0.1, 0.15) is 0 Å². The summed E-state index contributed by atoms with van der Waals surface area (Å²) in [5.41, 5.74) is 0. The van der Waals surface area contributed by atoms with Gasteiger partial charge in [0, 0.05) is 26.1 Å². The molecule has 2 rings (SSSR count). The molecule has 0 aliphatic carbocycles. The molecule has 0 unspecified atom stereocenters. The first kappa shape index (κ1) is 19.7. The number of carbonyl (C=O) groups is 3. The SMILES string of the molecule is CCNC(=O)NC(=O)[C@H](C)N1CCC(CC(=O)N2CCOCC2)CC1. The summed E-state index contributed by atoms with van der Waals surface area (Å²) < 4.78 is 5.28. The third-order valence-corrected chi connectivity index (χ3v) is 4.98. The van der Waals surface area contributed by atoms with E-state index in [1.807, 2.05) is 11.8 Å². The first-order valence-electron chi connectivity index (χ1n) is 9.19. The molecular weight excluding hydrogens is 324 g/mol. The van der Waals surface area contributed by atoms with Gasteiger partial charge in [-0.25, -0.2) is 4.79 Å². The van der Waals surface area contributed by atoms with Crippen LogP contribution in [0.1, 0.15) is 33.1 Å². The third-order valence-electron chi connectivity index (χ3n) is 4.98. The zero-order chi connectivity index (χ0) is 18.2. The maximum absolute atomic E-state index is 12.3. The van der Waals surface area contributed by atoms with Crippen LogP contribution in [0, 0.1) is 5.92 Å². The van der Waals surface area contributed by atoms with Crippen molar-refractivity contribution in [2.75, 3.05) is 45.9 Å². The molecule has 0 radical (unpaired) electrons. The van der Waals surface area contributed by atoms with Gasteiger partial charge in [-0.15, -0.1) is 0 Å². The van der Waals surface area contributed by atoms with Crippen molar-refractivity contribution in [3.05, 3.63) is 0 Å². The fraction of sp³-hybridized carbons (Fsp3) is 0.824. The standard InChI is InChI=1S/C17H30N4O4/c1-3-18-17(24)19-16(23)13(2)20-6-4-14(5-7-20)12-15(22)21-8-10-25-11-9-21/h13-14H,3-12H2,1-2H3,(H2,18,19,23,24)/t13-/m0/s1. The Labute approximate surface area is 149 Å². The van der Waals surface area contributed by atoms with Crippen LogP contribution in [0.5, 0.6) is 0 Å². The number of carbonyl (C=O) groups excluding carboxylic acids is 3. The van der Waals surface area contributed by atoms with E-state index in [1.54, 1.807) is 6.92 Å². The van der Waals surface area contributed by atoms with Gasteiger partial charge in [-0.05, 0) is 45.7 Å². The van der Waals surface area contributed by atoms with E-state index in [0.29, 0.717) is 45.2 Å². The monoisotopic (exact) mass is 354 g/mol. The van der Waals surface area contributed by atoms with E-state index < -0.39 is 6.03 Å². The summed E-state index contributed by atoms with van der Waals surface area (Å²) in [6, 6.07) is -0.802. The predicted octanol–water partition coefficient (Wildman–Crippen LogP) is 0.182.